The number of phenolic OH excluding ortho intramolecular Hbond substituents is 1. The van der Waals surface area contributed by atoms with E-state index in [1.807, 2.05) is 4.90 Å². The van der Waals surface area contributed by atoms with E-state index in [1.54, 1.807) is 19.1 Å². The van der Waals surface area contributed by atoms with Crippen molar-refractivity contribution < 1.29 is 28.5 Å². The molecule has 10 heteroatoms. The number of halogens is 2. The third-order valence-electron chi connectivity index (χ3n) is 9.35. The van der Waals surface area contributed by atoms with Crippen molar-refractivity contribution in [2.45, 2.75) is 38.2 Å². The summed E-state index contributed by atoms with van der Waals surface area (Å²) in [6, 6.07) is 8.96. The molecule has 1 aliphatic carbocycles. The van der Waals surface area contributed by atoms with Gasteiger partial charge in [-0.3, -0.25) is 4.90 Å². The van der Waals surface area contributed by atoms with E-state index in [-0.39, 0.29) is 39.4 Å². The molecule has 4 aromatic rings. The first-order valence-corrected chi connectivity index (χ1v) is 15.5. The lowest BCUT2D eigenvalue weighted by Gasteiger charge is -2.38. The van der Waals surface area contributed by atoms with Crippen LogP contribution < -0.4 is 9.64 Å². The third-order valence-corrected chi connectivity index (χ3v) is 9.35. The molecule has 1 atom stereocenters. The fourth-order valence-electron chi connectivity index (χ4n) is 6.79. The number of benzene rings is 3. The number of nitrogens with zero attached hydrogens (tertiary/aromatic N) is 4. The molecule has 3 fully saturated rings. The number of β-amino-alcohol motifs (C(OH)–C–C–N with tert-alkyl or cyclic N) is 1. The molecule has 2 saturated heterocycles. The van der Waals surface area contributed by atoms with Crippen LogP contribution in [0.25, 0.3) is 32.8 Å². The molecule has 2 aliphatic heterocycles. The van der Waals surface area contributed by atoms with E-state index in [2.05, 4.69) is 15.8 Å². The van der Waals surface area contributed by atoms with Gasteiger partial charge >= 0.3 is 6.01 Å². The van der Waals surface area contributed by atoms with Crippen LogP contribution >= 0.6 is 0 Å². The minimum absolute atomic E-state index is 0.0127. The molecule has 1 aromatic heterocycles. The van der Waals surface area contributed by atoms with E-state index in [4.69, 9.17) is 20.9 Å². The van der Waals surface area contributed by atoms with Gasteiger partial charge in [-0.15, -0.1) is 6.42 Å². The zero-order chi connectivity index (χ0) is 31.3. The Hall–Kier alpha value is -4.04. The van der Waals surface area contributed by atoms with Crippen LogP contribution in [0.5, 0.6) is 11.8 Å². The lowest BCUT2D eigenvalue weighted by molar-refractivity contribution is 0.0231. The SMILES string of the molecule is C#Cc1c(F)ccc2cc(O)cc(-c3ccc4c(N5CCC[C@@](C)(O)C5)nc(OCC5(CN6CCOCC6)CC5)nc4c3F)c12. The first kappa shape index (κ1) is 29.7. The van der Waals surface area contributed by atoms with Gasteiger partial charge in [0.05, 0.1) is 31.0 Å². The Bertz CT molecular complexity index is 1830. The average Bonchev–Trinajstić information content (AvgIpc) is 3.79. The second-order valence-corrected chi connectivity index (χ2v) is 13.0. The van der Waals surface area contributed by atoms with E-state index in [9.17, 15) is 14.6 Å². The predicted molar refractivity (Wildman–Crippen MR) is 168 cm³/mol. The highest BCUT2D eigenvalue weighted by atomic mass is 19.1. The maximum absolute atomic E-state index is 16.8. The number of anilines is 1. The fourth-order valence-corrected chi connectivity index (χ4v) is 6.79. The van der Waals surface area contributed by atoms with Crippen LogP contribution in [0.2, 0.25) is 0 Å². The van der Waals surface area contributed by atoms with Gasteiger partial charge in [-0.1, -0.05) is 18.1 Å². The maximum atomic E-state index is 16.8. The summed E-state index contributed by atoms with van der Waals surface area (Å²) >= 11 is 0. The molecule has 0 spiro atoms. The molecule has 3 heterocycles. The number of fused-ring (bicyclic) bond motifs is 2. The lowest BCUT2D eigenvalue weighted by Crippen LogP contribution is -2.46. The lowest BCUT2D eigenvalue weighted by atomic mass is 9.92. The number of hydrogen-bond donors (Lipinski definition) is 2. The standard InChI is InChI=1S/C35H36F2N4O4/c1-3-24-28(36)8-5-22-17-23(42)18-27(29(22)24)25-6-7-26-31(30(25)37)38-33(39-32(26)41-12-4-9-34(2,43)19-41)45-21-35(10-11-35)20-40-13-15-44-16-14-40/h1,5-8,17-18,42-43H,4,9-16,19-21H2,2H3/t34-/m1/s1. The normalized spacial score (nSPS) is 21.6. The summed E-state index contributed by atoms with van der Waals surface area (Å²) in [5, 5.41) is 22.7. The minimum atomic E-state index is -0.929. The smallest absolute Gasteiger partial charge is 0.319 e. The zero-order valence-corrected chi connectivity index (χ0v) is 25.3. The van der Waals surface area contributed by atoms with Gasteiger partial charge < -0.3 is 24.6 Å². The summed E-state index contributed by atoms with van der Waals surface area (Å²) in [5.74, 6) is 1.49. The Labute approximate surface area is 260 Å². The van der Waals surface area contributed by atoms with Crippen molar-refractivity contribution in [1.82, 2.24) is 14.9 Å². The Morgan fingerprint density at radius 1 is 1.04 bits per heavy atom. The van der Waals surface area contributed by atoms with Crippen LogP contribution in [0.1, 0.15) is 38.2 Å². The number of aromatic hydroxyl groups is 1. The predicted octanol–water partition coefficient (Wildman–Crippen LogP) is 5.26. The van der Waals surface area contributed by atoms with Crippen molar-refractivity contribution >= 4 is 27.5 Å². The molecule has 0 bridgehead atoms. The molecule has 0 radical (unpaired) electrons. The van der Waals surface area contributed by atoms with E-state index < -0.39 is 17.2 Å². The van der Waals surface area contributed by atoms with Gasteiger partial charge in [0, 0.05) is 54.5 Å². The average molecular weight is 615 g/mol. The van der Waals surface area contributed by atoms with Crippen LogP contribution in [-0.2, 0) is 4.74 Å². The van der Waals surface area contributed by atoms with Crippen LogP contribution in [0.4, 0.5) is 14.6 Å². The van der Waals surface area contributed by atoms with Crippen molar-refractivity contribution in [3.05, 3.63) is 53.6 Å². The van der Waals surface area contributed by atoms with Gasteiger partial charge in [0.15, 0.2) is 5.82 Å². The van der Waals surface area contributed by atoms with Crippen LogP contribution in [0.15, 0.2) is 36.4 Å². The van der Waals surface area contributed by atoms with Gasteiger partial charge in [-0.25, -0.2) is 8.78 Å². The molecule has 8 nitrogen and oxygen atoms in total. The molecule has 3 aromatic carbocycles. The first-order chi connectivity index (χ1) is 21.7. The molecular weight excluding hydrogens is 578 g/mol. The largest absolute Gasteiger partial charge is 0.508 e. The van der Waals surface area contributed by atoms with Crippen molar-refractivity contribution in [1.29, 1.82) is 0 Å². The number of phenols is 1. The topological polar surface area (TPSA) is 91.2 Å². The van der Waals surface area contributed by atoms with E-state index in [0.29, 0.717) is 48.1 Å². The number of aromatic nitrogens is 2. The van der Waals surface area contributed by atoms with Gasteiger partial charge in [-0.05, 0) is 67.8 Å². The Morgan fingerprint density at radius 3 is 2.58 bits per heavy atom. The highest BCUT2D eigenvalue weighted by Crippen LogP contribution is 2.47. The molecule has 0 amide bonds. The summed E-state index contributed by atoms with van der Waals surface area (Å²) in [6.45, 7) is 7.25. The van der Waals surface area contributed by atoms with Crippen molar-refractivity contribution in [3.63, 3.8) is 0 Å². The second-order valence-electron chi connectivity index (χ2n) is 13.0. The monoisotopic (exact) mass is 614 g/mol. The Balaban J connectivity index is 1.33. The molecular formula is C35H36F2N4O4. The molecule has 7 rings (SSSR count). The van der Waals surface area contributed by atoms with E-state index in [0.717, 1.165) is 52.1 Å². The highest BCUT2D eigenvalue weighted by Gasteiger charge is 2.45. The van der Waals surface area contributed by atoms with E-state index in [1.165, 1.54) is 24.3 Å². The number of ether oxygens (including phenoxy) is 2. The van der Waals surface area contributed by atoms with E-state index >= 15 is 4.39 Å². The maximum Gasteiger partial charge on any atom is 0.319 e. The Kier molecular flexibility index (Phi) is 7.51. The quantitative estimate of drug-likeness (QED) is 0.273. The van der Waals surface area contributed by atoms with Crippen molar-refractivity contribution in [2.24, 2.45) is 5.41 Å². The molecule has 45 heavy (non-hydrogen) atoms. The van der Waals surface area contributed by atoms with Gasteiger partial charge in [0.1, 0.15) is 22.9 Å². The van der Waals surface area contributed by atoms with Gasteiger partial charge in [0.2, 0.25) is 0 Å². The number of hydrogen-bond acceptors (Lipinski definition) is 8. The molecule has 3 aliphatic rings. The summed E-state index contributed by atoms with van der Waals surface area (Å²) < 4.78 is 43.3. The molecule has 2 N–H and O–H groups in total. The number of terminal acetylenes is 1. The Morgan fingerprint density at radius 2 is 1.84 bits per heavy atom. The summed E-state index contributed by atoms with van der Waals surface area (Å²) in [4.78, 5) is 13.7. The highest BCUT2D eigenvalue weighted by molar-refractivity contribution is 6.04. The minimum Gasteiger partial charge on any atom is -0.508 e. The summed E-state index contributed by atoms with van der Waals surface area (Å²) in [7, 11) is 0. The van der Waals surface area contributed by atoms with Gasteiger partial charge in [0.25, 0.3) is 0 Å². The molecule has 0 unspecified atom stereocenters. The number of morpholine rings is 1. The first-order valence-electron chi connectivity index (χ1n) is 15.5. The molecule has 234 valence electrons. The number of rotatable bonds is 7. The number of aliphatic hydroxyl groups is 1. The van der Waals surface area contributed by atoms with Gasteiger partial charge in [-0.2, -0.15) is 9.97 Å². The van der Waals surface area contributed by atoms with Crippen molar-refractivity contribution in [2.75, 3.05) is 57.4 Å². The third kappa shape index (κ3) is 5.76. The van der Waals surface area contributed by atoms with Crippen LogP contribution in [0.3, 0.4) is 0 Å². The molecule has 1 saturated carbocycles. The van der Waals surface area contributed by atoms with Crippen LogP contribution in [-0.4, -0.2) is 83.2 Å². The fraction of sp³-hybridized carbons (Fsp3) is 0.429. The van der Waals surface area contributed by atoms with Crippen molar-refractivity contribution in [3.8, 4) is 35.2 Å². The second kappa shape index (κ2) is 11.4. The number of piperidine rings is 1. The summed E-state index contributed by atoms with van der Waals surface area (Å²) in [6.07, 6.45) is 9.13. The summed E-state index contributed by atoms with van der Waals surface area (Å²) in [5.41, 5.74) is -0.561. The zero-order valence-electron chi connectivity index (χ0n) is 25.3. The van der Waals surface area contributed by atoms with Crippen LogP contribution in [0, 0.1) is 29.4 Å².